The van der Waals surface area contributed by atoms with Crippen LogP contribution in [-0.4, -0.2) is 42.4 Å². The Morgan fingerprint density at radius 1 is 1.13 bits per heavy atom. The molecule has 30 heavy (non-hydrogen) atoms. The molecule has 3 rings (SSSR count). The van der Waals surface area contributed by atoms with Crippen LogP contribution in [0.1, 0.15) is 10.4 Å². The van der Waals surface area contributed by atoms with E-state index >= 15 is 0 Å². The van der Waals surface area contributed by atoms with Gasteiger partial charge in [-0.1, -0.05) is 23.4 Å². The van der Waals surface area contributed by atoms with Gasteiger partial charge in [0, 0.05) is 22.7 Å². The monoisotopic (exact) mass is 444 g/mol. The second-order valence-electron chi connectivity index (χ2n) is 6.26. The topological polar surface area (TPSA) is 80.7 Å². The van der Waals surface area contributed by atoms with Crippen molar-refractivity contribution in [3.8, 4) is 11.5 Å². The number of aliphatic hydroxyl groups excluding tert-OH is 1. The van der Waals surface area contributed by atoms with E-state index in [-0.39, 0.29) is 19.1 Å². The van der Waals surface area contributed by atoms with Gasteiger partial charge in [-0.25, -0.2) is 4.98 Å². The van der Waals surface area contributed by atoms with Crippen LogP contribution in [0.4, 0.5) is 0 Å². The molecule has 0 fully saturated rings. The van der Waals surface area contributed by atoms with Crippen molar-refractivity contribution in [1.29, 1.82) is 0 Å². The summed E-state index contributed by atoms with van der Waals surface area (Å²) in [7, 11) is 1.59. The summed E-state index contributed by atoms with van der Waals surface area (Å²) in [6.07, 6.45) is 0.770. The molecule has 0 aliphatic carbocycles. The van der Waals surface area contributed by atoms with Crippen LogP contribution >= 0.6 is 23.4 Å². The Bertz CT molecular complexity index is 968. The maximum Gasteiger partial charge on any atom is 0.254 e. The van der Waals surface area contributed by atoms with Crippen LogP contribution in [0, 0.1) is 0 Å². The standard InChI is InChI=1S/C22H21ClN2O4S/c1-28-17-6-8-18(9-7-17)29-14-16(26)13-25-21(27)20-3-2-12-24-22(20)30-19-10-4-15(23)5-11-19/h2-12,16,26H,13-14H2,1H3,(H,25,27)/t16-/m0/s1. The molecule has 0 spiro atoms. The van der Waals surface area contributed by atoms with Gasteiger partial charge < -0.3 is 19.9 Å². The van der Waals surface area contributed by atoms with Gasteiger partial charge >= 0.3 is 0 Å². The van der Waals surface area contributed by atoms with Gasteiger partial charge in [0.2, 0.25) is 0 Å². The minimum atomic E-state index is -0.861. The zero-order chi connectivity index (χ0) is 21.3. The van der Waals surface area contributed by atoms with Crippen molar-refractivity contribution in [1.82, 2.24) is 10.3 Å². The van der Waals surface area contributed by atoms with E-state index in [4.69, 9.17) is 21.1 Å². The van der Waals surface area contributed by atoms with Crippen molar-refractivity contribution in [3.05, 3.63) is 77.4 Å². The fourth-order valence-electron chi connectivity index (χ4n) is 2.49. The highest BCUT2D eigenvalue weighted by atomic mass is 35.5. The predicted molar refractivity (Wildman–Crippen MR) is 117 cm³/mol. The van der Waals surface area contributed by atoms with Crippen molar-refractivity contribution >= 4 is 29.3 Å². The molecule has 8 heteroatoms. The normalized spacial score (nSPS) is 11.6. The van der Waals surface area contributed by atoms with Gasteiger partial charge in [0.05, 0.1) is 12.7 Å². The number of aliphatic hydroxyl groups is 1. The Morgan fingerprint density at radius 2 is 1.83 bits per heavy atom. The molecule has 6 nitrogen and oxygen atoms in total. The molecular weight excluding hydrogens is 424 g/mol. The quantitative estimate of drug-likeness (QED) is 0.518. The van der Waals surface area contributed by atoms with Crippen LogP contribution in [-0.2, 0) is 0 Å². The molecule has 1 heterocycles. The summed E-state index contributed by atoms with van der Waals surface area (Å²) < 4.78 is 10.6. The molecule has 0 radical (unpaired) electrons. The molecule has 0 bridgehead atoms. The number of hydrogen-bond acceptors (Lipinski definition) is 6. The Hall–Kier alpha value is -2.74. The highest BCUT2D eigenvalue weighted by Gasteiger charge is 2.15. The van der Waals surface area contributed by atoms with E-state index in [1.807, 2.05) is 12.1 Å². The highest BCUT2D eigenvalue weighted by Crippen LogP contribution is 2.29. The predicted octanol–water partition coefficient (Wildman–Crippen LogP) is 4.06. The number of carbonyl (C=O) groups excluding carboxylic acids is 1. The first kappa shape index (κ1) is 22.0. The lowest BCUT2D eigenvalue weighted by Crippen LogP contribution is -2.35. The summed E-state index contributed by atoms with van der Waals surface area (Å²) in [5, 5.41) is 14.1. The molecule has 2 aromatic carbocycles. The van der Waals surface area contributed by atoms with Gasteiger partial charge in [-0.3, -0.25) is 4.79 Å². The van der Waals surface area contributed by atoms with Gasteiger partial charge in [-0.2, -0.15) is 0 Å². The Balaban J connectivity index is 1.53. The third-order valence-corrected chi connectivity index (χ3v) is 5.32. The van der Waals surface area contributed by atoms with E-state index in [0.717, 1.165) is 10.6 Å². The fourth-order valence-corrected chi connectivity index (χ4v) is 3.49. The SMILES string of the molecule is COc1ccc(OC[C@@H](O)CNC(=O)c2cccnc2Sc2ccc(Cl)cc2)cc1. The van der Waals surface area contributed by atoms with E-state index in [2.05, 4.69) is 10.3 Å². The number of nitrogens with one attached hydrogen (secondary N) is 1. The molecule has 0 aliphatic rings. The van der Waals surface area contributed by atoms with E-state index in [1.165, 1.54) is 11.8 Å². The zero-order valence-electron chi connectivity index (χ0n) is 16.2. The maximum atomic E-state index is 12.6. The molecule has 2 N–H and O–H groups in total. The van der Waals surface area contributed by atoms with Crippen LogP contribution < -0.4 is 14.8 Å². The largest absolute Gasteiger partial charge is 0.497 e. The first-order valence-electron chi connectivity index (χ1n) is 9.16. The van der Waals surface area contributed by atoms with Gasteiger partial charge in [0.15, 0.2) is 0 Å². The van der Waals surface area contributed by atoms with Crippen molar-refractivity contribution < 1.29 is 19.4 Å². The number of hydrogen-bond donors (Lipinski definition) is 2. The lowest BCUT2D eigenvalue weighted by atomic mass is 10.2. The number of nitrogens with zero attached hydrogens (tertiary/aromatic N) is 1. The van der Waals surface area contributed by atoms with Gasteiger partial charge in [-0.05, 0) is 60.7 Å². The van der Waals surface area contributed by atoms with Crippen LogP contribution in [0.3, 0.4) is 0 Å². The number of benzene rings is 2. The van der Waals surface area contributed by atoms with Crippen LogP contribution in [0.25, 0.3) is 0 Å². The number of ether oxygens (including phenoxy) is 2. The summed E-state index contributed by atoms with van der Waals surface area (Å²) in [4.78, 5) is 17.8. The molecular formula is C22H21ClN2O4S. The van der Waals surface area contributed by atoms with Crippen molar-refractivity contribution in [3.63, 3.8) is 0 Å². The van der Waals surface area contributed by atoms with Gasteiger partial charge in [0.1, 0.15) is 29.2 Å². The second kappa shape index (κ2) is 10.9. The summed E-state index contributed by atoms with van der Waals surface area (Å²) in [6, 6.07) is 17.7. The number of aromatic nitrogens is 1. The average molecular weight is 445 g/mol. The molecule has 1 aromatic heterocycles. The highest BCUT2D eigenvalue weighted by molar-refractivity contribution is 7.99. The molecule has 156 valence electrons. The van der Waals surface area contributed by atoms with Crippen molar-refractivity contribution in [2.75, 3.05) is 20.3 Å². The second-order valence-corrected chi connectivity index (χ2v) is 7.76. The zero-order valence-corrected chi connectivity index (χ0v) is 17.8. The Morgan fingerprint density at radius 3 is 2.53 bits per heavy atom. The average Bonchev–Trinajstić information content (AvgIpc) is 2.78. The summed E-state index contributed by atoms with van der Waals surface area (Å²) in [5.41, 5.74) is 0.431. The lowest BCUT2D eigenvalue weighted by Gasteiger charge is -2.14. The first-order valence-corrected chi connectivity index (χ1v) is 10.4. The molecule has 1 atom stereocenters. The minimum absolute atomic E-state index is 0.0476. The van der Waals surface area contributed by atoms with Gasteiger partial charge in [-0.15, -0.1) is 0 Å². The lowest BCUT2D eigenvalue weighted by molar-refractivity contribution is 0.0841. The number of methoxy groups -OCH3 is 1. The van der Waals surface area contributed by atoms with Crippen LogP contribution in [0.2, 0.25) is 5.02 Å². The first-order chi connectivity index (χ1) is 14.5. The van der Waals surface area contributed by atoms with Crippen LogP contribution in [0.5, 0.6) is 11.5 Å². The van der Waals surface area contributed by atoms with Crippen molar-refractivity contribution in [2.45, 2.75) is 16.0 Å². The minimum Gasteiger partial charge on any atom is -0.497 e. The summed E-state index contributed by atoms with van der Waals surface area (Å²) in [6.45, 7) is 0.0982. The molecule has 0 unspecified atom stereocenters. The number of carbonyl (C=O) groups is 1. The smallest absolute Gasteiger partial charge is 0.254 e. The number of rotatable bonds is 9. The molecule has 0 aliphatic heterocycles. The number of halogens is 1. The van der Waals surface area contributed by atoms with Crippen molar-refractivity contribution in [2.24, 2.45) is 0 Å². The third-order valence-electron chi connectivity index (χ3n) is 4.04. The maximum absolute atomic E-state index is 12.6. The Labute approximate surface area is 184 Å². The molecule has 0 saturated heterocycles. The number of pyridine rings is 1. The molecule has 3 aromatic rings. The van der Waals surface area contributed by atoms with E-state index in [1.54, 1.807) is 61.8 Å². The van der Waals surface area contributed by atoms with Gasteiger partial charge in [0.25, 0.3) is 5.91 Å². The molecule has 0 saturated carbocycles. The fraction of sp³-hybridized carbons (Fsp3) is 0.182. The molecule has 1 amide bonds. The number of amides is 1. The Kier molecular flexibility index (Phi) is 7.96. The summed E-state index contributed by atoms with van der Waals surface area (Å²) in [5.74, 6) is 1.01. The van der Waals surface area contributed by atoms with Crippen LogP contribution in [0.15, 0.2) is 76.8 Å². The van der Waals surface area contributed by atoms with E-state index in [9.17, 15) is 9.90 Å². The summed E-state index contributed by atoms with van der Waals surface area (Å²) >= 11 is 7.29. The third kappa shape index (κ3) is 6.38. The van der Waals surface area contributed by atoms with E-state index in [0.29, 0.717) is 21.4 Å². The van der Waals surface area contributed by atoms with E-state index < -0.39 is 6.10 Å².